The van der Waals surface area contributed by atoms with E-state index in [2.05, 4.69) is 60.1 Å². The molecule has 2 fully saturated rings. The Balaban J connectivity index is 1.28. The normalized spacial score (nSPS) is 29.1. The zero-order valence-electron chi connectivity index (χ0n) is 19.1. The maximum Gasteiger partial charge on any atom is 0.159 e. The fourth-order valence-corrected chi connectivity index (χ4v) is 5.29. The summed E-state index contributed by atoms with van der Waals surface area (Å²) < 4.78 is 32.8. The Morgan fingerprint density at radius 1 is 1.12 bits per heavy atom. The SMILES string of the molecule is CC1(NCCc2ccccc2C2C=CC(C3CNCCC3c3ccc(F)c(F)c3)=CC2)CO1. The number of benzene rings is 2. The van der Waals surface area contributed by atoms with Crippen molar-refractivity contribution in [3.8, 4) is 0 Å². The molecule has 2 saturated heterocycles. The Morgan fingerprint density at radius 3 is 2.73 bits per heavy atom. The second-order valence-electron chi connectivity index (χ2n) is 9.68. The molecule has 0 amide bonds. The van der Waals surface area contributed by atoms with Crippen LogP contribution in [-0.2, 0) is 11.2 Å². The standard InChI is InChI=1S/C28H32F2N2O/c1-28(18-33-28)32-15-12-19-4-2-3-5-23(19)20-6-8-21(9-7-20)25-17-31-14-13-24(25)22-10-11-26(29)27(30)16-22/h2-6,8-11,16,20,24-25,31-32H,7,12-15,17-18H2,1H3. The van der Waals surface area contributed by atoms with Crippen LogP contribution in [0.2, 0.25) is 0 Å². The molecular weight excluding hydrogens is 418 g/mol. The first-order valence-electron chi connectivity index (χ1n) is 12.0. The van der Waals surface area contributed by atoms with E-state index in [-0.39, 0.29) is 17.6 Å². The summed E-state index contributed by atoms with van der Waals surface area (Å²) in [6.45, 7) is 5.52. The third kappa shape index (κ3) is 5.11. The van der Waals surface area contributed by atoms with Crippen LogP contribution >= 0.6 is 0 Å². The zero-order valence-corrected chi connectivity index (χ0v) is 19.1. The molecule has 0 bridgehead atoms. The van der Waals surface area contributed by atoms with Crippen molar-refractivity contribution < 1.29 is 13.5 Å². The number of piperidine rings is 1. The van der Waals surface area contributed by atoms with Gasteiger partial charge < -0.3 is 10.1 Å². The van der Waals surface area contributed by atoms with E-state index in [1.165, 1.54) is 28.8 Å². The summed E-state index contributed by atoms with van der Waals surface area (Å²) >= 11 is 0. The predicted molar refractivity (Wildman–Crippen MR) is 127 cm³/mol. The van der Waals surface area contributed by atoms with E-state index < -0.39 is 11.6 Å². The van der Waals surface area contributed by atoms with Crippen molar-refractivity contribution >= 4 is 0 Å². The second kappa shape index (κ2) is 9.49. The van der Waals surface area contributed by atoms with Crippen LogP contribution < -0.4 is 10.6 Å². The van der Waals surface area contributed by atoms with Gasteiger partial charge >= 0.3 is 0 Å². The van der Waals surface area contributed by atoms with Gasteiger partial charge in [0.1, 0.15) is 5.72 Å². The molecule has 174 valence electrons. The number of nitrogens with one attached hydrogen (secondary N) is 2. The lowest BCUT2D eigenvalue weighted by atomic mass is 9.74. The van der Waals surface area contributed by atoms with E-state index in [0.29, 0.717) is 5.92 Å². The smallest absolute Gasteiger partial charge is 0.159 e. The van der Waals surface area contributed by atoms with Gasteiger partial charge in [-0.1, -0.05) is 48.6 Å². The fraction of sp³-hybridized carbons (Fsp3) is 0.429. The number of epoxide rings is 1. The van der Waals surface area contributed by atoms with Crippen LogP contribution in [0, 0.1) is 17.6 Å². The monoisotopic (exact) mass is 450 g/mol. The van der Waals surface area contributed by atoms with Crippen LogP contribution in [0.25, 0.3) is 0 Å². The highest BCUT2D eigenvalue weighted by atomic mass is 19.2. The van der Waals surface area contributed by atoms with Gasteiger partial charge in [-0.05, 0) is 73.0 Å². The molecule has 5 rings (SSSR count). The maximum atomic E-state index is 13.9. The van der Waals surface area contributed by atoms with Crippen molar-refractivity contribution in [2.75, 3.05) is 26.2 Å². The lowest BCUT2D eigenvalue weighted by molar-refractivity contribution is 0.277. The van der Waals surface area contributed by atoms with Crippen molar-refractivity contribution in [2.24, 2.45) is 5.92 Å². The Hall–Kier alpha value is -2.34. The predicted octanol–water partition coefficient (Wildman–Crippen LogP) is 5.21. The summed E-state index contributed by atoms with van der Waals surface area (Å²) in [6.07, 6.45) is 9.78. The summed E-state index contributed by atoms with van der Waals surface area (Å²) in [6, 6.07) is 13.1. The van der Waals surface area contributed by atoms with Crippen molar-refractivity contribution in [1.82, 2.24) is 10.6 Å². The largest absolute Gasteiger partial charge is 0.354 e. The molecule has 2 heterocycles. The molecule has 2 N–H and O–H groups in total. The third-order valence-electron chi connectivity index (χ3n) is 7.34. The van der Waals surface area contributed by atoms with Gasteiger partial charge in [0, 0.05) is 24.9 Å². The van der Waals surface area contributed by atoms with Gasteiger partial charge in [0.25, 0.3) is 0 Å². The van der Waals surface area contributed by atoms with Crippen LogP contribution in [0.5, 0.6) is 0 Å². The van der Waals surface area contributed by atoms with Gasteiger partial charge in [-0.3, -0.25) is 5.32 Å². The summed E-state index contributed by atoms with van der Waals surface area (Å²) in [5.74, 6) is -0.725. The molecule has 4 unspecified atom stereocenters. The van der Waals surface area contributed by atoms with Crippen molar-refractivity contribution in [1.29, 1.82) is 0 Å². The minimum atomic E-state index is -0.781. The zero-order chi connectivity index (χ0) is 22.8. The number of halogens is 2. The molecule has 4 atom stereocenters. The van der Waals surface area contributed by atoms with E-state index >= 15 is 0 Å². The van der Waals surface area contributed by atoms with Crippen LogP contribution in [-0.4, -0.2) is 32.0 Å². The lowest BCUT2D eigenvalue weighted by Crippen LogP contribution is -2.36. The molecule has 3 nitrogen and oxygen atoms in total. The Labute approximate surface area is 194 Å². The number of ether oxygens (including phenoxy) is 1. The summed E-state index contributed by atoms with van der Waals surface area (Å²) in [5.41, 5.74) is 4.82. The minimum Gasteiger partial charge on any atom is -0.354 e. The van der Waals surface area contributed by atoms with Gasteiger partial charge in [0.15, 0.2) is 11.6 Å². The van der Waals surface area contributed by atoms with Crippen LogP contribution in [0.15, 0.2) is 66.3 Å². The molecule has 0 aromatic heterocycles. The highest BCUT2D eigenvalue weighted by Gasteiger charge is 2.38. The Kier molecular flexibility index (Phi) is 6.46. The van der Waals surface area contributed by atoms with Crippen molar-refractivity contribution in [2.45, 2.75) is 43.7 Å². The first-order chi connectivity index (χ1) is 16.0. The first-order valence-corrected chi connectivity index (χ1v) is 12.0. The molecule has 1 aliphatic carbocycles. The van der Waals surface area contributed by atoms with Crippen LogP contribution in [0.4, 0.5) is 8.78 Å². The topological polar surface area (TPSA) is 36.6 Å². The van der Waals surface area contributed by atoms with E-state index in [1.54, 1.807) is 6.07 Å². The molecule has 3 aliphatic rings. The first kappa shape index (κ1) is 22.5. The molecular formula is C28H32F2N2O. The van der Waals surface area contributed by atoms with Gasteiger partial charge in [-0.15, -0.1) is 0 Å². The van der Waals surface area contributed by atoms with Gasteiger partial charge in [0.2, 0.25) is 0 Å². The average Bonchev–Trinajstić information content (AvgIpc) is 3.58. The second-order valence-corrected chi connectivity index (χ2v) is 9.68. The highest BCUT2D eigenvalue weighted by molar-refractivity contribution is 5.40. The Morgan fingerprint density at radius 2 is 1.97 bits per heavy atom. The van der Waals surface area contributed by atoms with Crippen molar-refractivity contribution in [3.05, 3.63) is 94.6 Å². The molecule has 0 saturated carbocycles. The van der Waals surface area contributed by atoms with E-state index in [1.807, 2.05) is 0 Å². The van der Waals surface area contributed by atoms with E-state index in [9.17, 15) is 8.78 Å². The van der Waals surface area contributed by atoms with Gasteiger partial charge in [-0.2, -0.15) is 0 Å². The number of rotatable bonds is 7. The molecule has 5 heteroatoms. The number of allylic oxidation sites excluding steroid dienone is 3. The highest BCUT2D eigenvalue weighted by Crippen LogP contribution is 2.39. The summed E-state index contributed by atoms with van der Waals surface area (Å²) in [5, 5.41) is 6.97. The van der Waals surface area contributed by atoms with E-state index in [0.717, 1.165) is 51.1 Å². The minimum absolute atomic E-state index is 0.130. The number of hydrogen-bond donors (Lipinski definition) is 2. The van der Waals surface area contributed by atoms with Crippen LogP contribution in [0.3, 0.4) is 0 Å². The summed E-state index contributed by atoms with van der Waals surface area (Å²) in [7, 11) is 0. The van der Waals surface area contributed by atoms with Crippen LogP contribution in [0.1, 0.15) is 48.3 Å². The lowest BCUT2D eigenvalue weighted by Gasteiger charge is -2.35. The molecule has 33 heavy (non-hydrogen) atoms. The maximum absolute atomic E-state index is 13.9. The quantitative estimate of drug-likeness (QED) is 0.569. The molecule has 0 radical (unpaired) electrons. The van der Waals surface area contributed by atoms with Gasteiger partial charge in [-0.25, -0.2) is 8.78 Å². The van der Waals surface area contributed by atoms with Crippen molar-refractivity contribution in [3.63, 3.8) is 0 Å². The summed E-state index contributed by atoms with van der Waals surface area (Å²) in [4.78, 5) is 0. The third-order valence-corrected chi connectivity index (χ3v) is 7.34. The molecule has 2 aromatic rings. The fourth-order valence-electron chi connectivity index (χ4n) is 5.29. The molecule has 0 spiro atoms. The van der Waals surface area contributed by atoms with Gasteiger partial charge in [0.05, 0.1) is 6.61 Å². The molecule has 2 aromatic carbocycles. The van der Waals surface area contributed by atoms with E-state index in [4.69, 9.17) is 4.74 Å². The average molecular weight is 451 g/mol. The molecule has 2 aliphatic heterocycles. The number of hydrogen-bond acceptors (Lipinski definition) is 3. The Bertz CT molecular complexity index is 1060.